The zero-order valence-electron chi connectivity index (χ0n) is 4.88. The molecule has 0 radical (unpaired) electrons. The van der Waals surface area contributed by atoms with Crippen molar-refractivity contribution in [3.8, 4) is 0 Å². The molecule has 0 unspecified atom stereocenters. The van der Waals surface area contributed by atoms with E-state index in [1.54, 1.807) is 0 Å². The standard InChI is InChI=1S/CH7Cl2FN2O2S2/c1-10(2,3,4)6-9(5,7)8/h6,10H,1H3,(H2,5,7,8). The van der Waals surface area contributed by atoms with E-state index in [2.05, 4.69) is 5.14 Å². The van der Waals surface area contributed by atoms with Gasteiger partial charge in [0.25, 0.3) is 10.2 Å². The maximum atomic E-state index is 12.7. The average molecular weight is 233 g/mol. The van der Waals surface area contributed by atoms with Crippen molar-refractivity contribution in [3.05, 3.63) is 0 Å². The van der Waals surface area contributed by atoms with E-state index in [4.69, 9.17) is 21.4 Å². The van der Waals surface area contributed by atoms with Crippen LogP contribution in [0.2, 0.25) is 0 Å². The maximum absolute atomic E-state index is 12.7. The molecule has 0 aromatic heterocycles. The van der Waals surface area contributed by atoms with Crippen LogP contribution >= 0.6 is 29.5 Å². The predicted molar refractivity (Wildman–Crippen MR) is 44.0 cm³/mol. The summed E-state index contributed by atoms with van der Waals surface area (Å²) in [6, 6.07) is 0. The van der Waals surface area contributed by atoms with E-state index in [1.807, 2.05) is 0 Å². The highest BCUT2D eigenvalue weighted by Crippen LogP contribution is 2.74. The van der Waals surface area contributed by atoms with E-state index >= 15 is 0 Å². The highest BCUT2D eigenvalue weighted by atomic mass is 36.0. The van der Waals surface area contributed by atoms with Crippen molar-refractivity contribution < 1.29 is 12.3 Å². The van der Waals surface area contributed by atoms with Gasteiger partial charge in [-0.3, -0.25) is 0 Å². The summed E-state index contributed by atoms with van der Waals surface area (Å²) in [7, 11) is 0.928. The Bertz CT molecular complexity index is 220. The minimum atomic E-state index is -4.76. The van der Waals surface area contributed by atoms with Crippen molar-refractivity contribution in [1.29, 1.82) is 0 Å². The van der Waals surface area contributed by atoms with Crippen molar-refractivity contribution in [1.82, 2.24) is 4.13 Å². The van der Waals surface area contributed by atoms with Crippen LogP contribution in [0.5, 0.6) is 0 Å². The predicted octanol–water partition coefficient (Wildman–Crippen LogP) is 0.589. The summed E-state index contributed by atoms with van der Waals surface area (Å²) in [5.41, 5.74) is 0. The molecule has 0 spiro atoms. The number of halogens is 3. The summed E-state index contributed by atoms with van der Waals surface area (Å²) in [5, 5.41) is 4.39. The minimum absolute atomic E-state index is 0.735. The van der Waals surface area contributed by atoms with Crippen molar-refractivity contribution in [2.75, 3.05) is 6.26 Å². The van der Waals surface area contributed by atoms with Crippen LogP contribution in [-0.4, -0.2) is 14.7 Å². The number of rotatable bonds is 2. The van der Waals surface area contributed by atoms with Gasteiger partial charge in [0.1, 0.15) is 0 Å². The Kier molecular flexibility index (Phi) is 2.53. The second-order valence-corrected chi connectivity index (χ2v) is 11.3. The van der Waals surface area contributed by atoms with Gasteiger partial charge in [-0.1, -0.05) is 0 Å². The molecule has 0 aliphatic rings. The molecular formula is CH7Cl2FN2O2S2. The molecule has 66 valence electrons. The third kappa shape index (κ3) is 8.73. The molecule has 4 nitrogen and oxygen atoms in total. The second kappa shape index (κ2) is 2.36. The third-order valence-corrected chi connectivity index (χ3v) is 4.14. The van der Waals surface area contributed by atoms with Gasteiger partial charge in [0.15, 0.2) is 0 Å². The number of nitrogens with two attached hydrogens (primary N) is 1. The Morgan fingerprint density at radius 2 is 1.90 bits per heavy atom. The summed E-state index contributed by atoms with van der Waals surface area (Å²) in [4.78, 5) is 0. The van der Waals surface area contributed by atoms with E-state index in [-0.39, 0.29) is 0 Å². The Hall–Kier alpha value is 0.730. The first kappa shape index (κ1) is 10.7. The first-order valence-corrected chi connectivity index (χ1v) is 7.88. The normalized spacial score (nSPS) is 17.9. The van der Waals surface area contributed by atoms with Gasteiger partial charge in [-0.05, 0) is 29.5 Å². The van der Waals surface area contributed by atoms with Gasteiger partial charge in [0, 0.05) is 6.26 Å². The van der Waals surface area contributed by atoms with E-state index in [0.29, 0.717) is 0 Å². The summed E-state index contributed by atoms with van der Waals surface area (Å²) in [6.07, 6.45) is 0.735. The molecule has 0 amide bonds. The van der Waals surface area contributed by atoms with Crippen LogP contribution in [0, 0.1) is 0 Å². The molecule has 0 aliphatic carbocycles. The molecule has 0 aromatic carbocycles. The van der Waals surface area contributed by atoms with Gasteiger partial charge >= 0.3 is 0 Å². The highest BCUT2D eigenvalue weighted by Gasteiger charge is 2.31. The summed E-state index contributed by atoms with van der Waals surface area (Å²) in [5.74, 6) is 0. The quantitative estimate of drug-likeness (QED) is 0.611. The number of hydrogen-bond acceptors (Lipinski definition) is 2. The molecule has 3 N–H and O–H groups in total. The molecule has 10 heavy (non-hydrogen) atoms. The Labute approximate surface area is 67.8 Å². The van der Waals surface area contributed by atoms with Crippen LogP contribution in [0.4, 0.5) is 3.89 Å². The fraction of sp³-hybridized carbons (Fsp3) is 1.00. The van der Waals surface area contributed by atoms with Gasteiger partial charge < -0.3 is 0 Å². The smallest absolute Gasteiger partial charge is 0.215 e. The van der Waals surface area contributed by atoms with Crippen molar-refractivity contribution >= 4 is 39.7 Å². The highest BCUT2D eigenvalue weighted by molar-refractivity contribution is 8.76. The summed E-state index contributed by atoms with van der Waals surface area (Å²) >= 11 is 0. The Morgan fingerprint density at radius 1 is 1.60 bits per heavy atom. The van der Waals surface area contributed by atoms with Crippen molar-refractivity contribution in [2.45, 2.75) is 0 Å². The SMILES string of the molecule is C[SH](F)(Cl)(Cl)NS(N)(=O)=O. The zero-order chi connectivity index (χ0) is 8.65. The molecule has 0 saturated heterocycles. The molecule has 0 aromatic rings. The Balaban J connectivity index is 4.49. The molecule has 0 bridgehead atoms. The van der Waals surface area contributed by atoms with Gasteiger partial charge in [-0.15, -0.1) is 4.13 Å². The fourth-order valence-corrected chi connectivity index (χ4v) is 4.17. The number of hydrogen-bond donors (Lipinski definition) is 3. The lowest BCUT2D eigenvalue weighted by atomic mass is 12.0. The maximum Gasteiger partial charge on any atom is 0.284 e. The molecule has 0 fully saturated rings. The zero-order valence-corrected chi connectivity index (χ0v) is 8.11. The molecular weight excluding hydrogens is 226 g/mol. The minimum Gasteiger partial charge on any atom is -0.215 e. The molecule has 0 atom stereocenters. The molecule has 9 heteroatoms. The first-order chi connectivity index (χ1) is 3.96. The average Bonchev–Trinajstić information content (AvgIpc) is 1.09. The molecule has 0 rings (SSSR count). The van der Waals surface area contributed by atoms with E-state index < -0.39 is 18.4 Å². The lowest BCUT2D eigenvalue weighted by molar-refractivity contribution is 0.595. The molecule has 0 aliphatic heterocycles. The van der Waals surface area contributed by atoms with Gasteiger partial charge in [0.2, 0.25) is 0 Å². The van der Waals surface area contributed by atoms with Crippen LogP contribution in [0.25, 0.3) is 0 Å². The largest absolute Gasteiger partial charge is 0.284 e. The van der Waals surface area contributed by atoms with Crippen molar-refractivity contribution in [2.24, 2.45) is 5.14 Å². The van der Waals surface area contributed by atoms with Gasteiger partial charge in [-0.25, -0.2) is 5.14 Å². The first-order valence-electron chi connectivity index (χ1n) is 1.95. The number of thiol groups is 1. The monoisotopic (exact) mass is 232 g/mol. The summed E-state index contributed by atoms with van der Waals surface area (Å²) < 4.78 is 34.2. The van der Waals surface area contributed by atoms with Crippen LogP contribution in [0.3, 0.4) is 0 Å². The summed E-state index contributed by atoms with van der Waals surface area (Å²) in [6.45, 7) is 0. The van der Waals surface area contributed by atoms with E-state index in [1.165, 1.54) is 4.13 Å². The molecule has 0 heterocycles. The van der Waals surface area contributed by atoms with Gasteiger partial charge in [0.05, 0.1) is 0 Å². The lowest BCUT2D eigenvalue weighted by Crippen LogP contribution is -2.33. The van der Waals surface area contributed by atoms with Gasteiger partial charge in [-0.2, -0.15) is 12.3 Å². The van der Waals surface area contributed by atoms with E-state index in [9.17, 15) is 12.3 Å². The Morgan fingerprint density at radius 3 is 1.90 bits per heavy atom. The molecule has 0 saturated carbocycles. The second-order valence-electron chi connectivity index (χ2n) is 1.81. The lowest BCUT2D eigenvalue weighted by Gasteiger charge is -2.35. The third-order valence-electron chi connectivity index (χ3n) is 0.322. The topological polar surface area (TPSA) is 72.2 Å². The van der Waals surface area contributed by atoms with Crippen LogP contribution in [0.15, 0.2) is 0 Å². The number of nitrogens with one attached hydrogen (secondary N) is 1. The van der Waals surface area contributed by atoms with E-state index in [0.717, 1.165) is 6.26 Å². The van der Waals surface area contributed by atoms with Crippen molar-refractivity contribution in [3.63, 3.8) is 0 Å². The van der Waals surface area contributed by atoms with Crippen LogP contribution in [-0.2, 0) is 10.2 Å². The van der Waals surface area contributed by atoms with Crippen LogP contribution in [0.1, 0.15) is 0 Å². The fourth-order valence-electron chi connectivity index (χ4n) is 0.272. The van der Waals surface area contributed by atoms with Crippen LogP contribution < -0.4 is 9.27 Å².